The standard InChI is InChI=1S/C20H32N2O/c1-4-20(23)21-12-9-17-5-7-18(8-6-17)15-19-10-13-22(14-11-19)16(2)3/h5-8,16,19H,4,9-15H2,1-3H3,(H,21,23). The Morgan fingerprint density at radius 3 is 2.35 bits per heavy atom. The molecule has 1 aromatic rings. The van der Waals surface area contributed by atoms with Crippen molar-refractivity contribution < 1.29 is 4.79 Å². The topological polar surface area (TPSA) is 32.3 Å². The molecule has 1 heterocycles. The van der Waals surface area contributed by atoms with Gasteiger partial charge in [-0.1, -0.05) is 31.2 Å². The fourth-order valence-electron chi connectivity index (χ4n) is 3.32. The van der Waals surface area contributed by atoms with Crippen molar-refractivity contribution in [3.8, 4) is 0 Å². The van der Waals surface area contributed by atoms with Crippen molar-refractivity contribution >= 4 is 5.91 Å². The minimum atomic E-state index is 0.134. The highest BCUT2D eigenvalue weighted by Crippen LogP contribution is 2.23. The summed E-state index contributed by atoms with van der Waals surface area (Å²) in [4.78, 5) is 13.8. The van der Waals surface area contributed by atoms with Gasteiger partial charge in [-0.15, -0.1) is 0 Å². The lowest BCUT2D eigenvalue weighted by Gasteiger charge is -2.34. The van der Waals surface area contributed by atoms with Crippen LogP contribution in [0.2, 0.25) is 0 Å². The van der Waals surface area contributed by atoms with Crippen LogP contribution in [-0.2, 0) is 17.6 Å². The monoisotopic (exact) mass is 316 g/mol. The number of hydrogen-bond donors (Lipinski definition) is 1. The van der Waals surface area contributed by atoms with Crippen LogP contribution in [0.5, 0.6) is 0 Å². The van der Waals surface area contributed by atoms with Gasteiger partial charge in [0.15, 0.2) is 0 Å². The third-order valence-electron chi connectivity index (χ3n) is 4.98. The summed E-state index contributed by atoms with van der Waals surface area (Å²) in [5.41, 5.74) is 2.76. The molecule has 0 spiro atoms. The lowest BCUT2D eigenvalue weighted by Crippen LogP contribution is -2.38. The van der Waals surface area contributed by atoms with Crippen LogP contribution in [0.3, 0.4) is 0 Å². The van der Waals surface area contributed by atoms with Gasteiger partial charge in [0, 0.05) is 19.0 Å². The molecule has 0 aromatic heterocycles. The first-order chi connectivity index (χ1) is 11.1. The number of nitrogens with one attached hydrogen (secondary N) is 1. The molecule has 1 amide bonds. The van der Waals surface area contributed by atoms with E-state index in [4.69, 9.17) is 0 Å². The van der Waals surface area contributed by atoms with E-state index in [2.05, 4.69) is 48.3 Å². The van der Waals surface area contributed by atoms with Crippen molar-refractivity contribution in [1.29, 1.82) is 0 Å². The molecule has 0 unspecified atom stereocenters. The Bertz CT molecular complexity index is 473. The number of rotatable bonds is 7. The Kier molecular flexibility index (Phi) is 7.10. The second kappa shape index (κ2) is 9.07. The Morgan fingerprint density at radius 2 is 1.78 bits per heavy atom. The van der Waals surface area contributed by atoms with E-state index in [1.807, 2.05) is 6.92 Å². The predicted molar refractivity (Wildman–Crippen MR) is 96.6 cm³/mol. The van der Waals surface area contributed by atoms with Gasteiger partial charge in [-0.25, -0.2) is 0 Å². The highest BCUT2D eigenvalue weighted by Gasteiger charge is 2.20. The zero-order valence-electron chi connectivity index (χ0n) is 15.0. The minimum Gasteiger partial charge on any atom is -0.356 e. The Morgan fingerprint density at radius 1 is 1.17 bits per heavy atom. The molecule has 1 fully saturated rings. The van der Waals surface area contributed by atoms with Gasteiger partial charge in [-0.2, -0.15) is 0 Å². The van der Waals surface area contributed by atoms with Gasteiger partial charge < -0.3 is 10.2 Å². The molecule has 0 bridgehead atoms. The van der Waals surface area contributed by atoms with Gasteiger partial charge >= 0.3 is 0 Å². The van der Waals surface area contributed by atoms with E-state index in [9.17, 15) is 4.79 Å². The summed E-state index contributed by atoms with van der Waals surface area (Å²) in [6.45, 7) is 9.70. The van der Waals surface area contributed by atoms with E-state index in [1.165, 1.54) is 43.5 Å². The SMILES string of the molecule is CCC(=O)NCCc1ccc(CC2CCN(C(C)C)CC2)cc1. The number of likely N-dealkylation sites (tertiary alicyclic amines) is 1. The predicted octanol–water partition coefficient (Wildman–Crippen LogP) is 3.42. The number of benzene rings is 1. The Balaban J connectivity index is 1.74. The minimum absolute atomic E-state index is 0.134. The van der Waals surface area contributed by atoms with Crippen LogP contribution >= 0.6 is 0 Å². The van der Waals surface area contributed by atoms with Crippen molar-refractivity contribution in [3.63, 3.8) is 0 Å². The third kappa shape index (κ3) is 5.98. The average Bonchev–Trinajstić information content (AvgIpc) is 2.56. The zero-order chi connectivity index (χ0) is 16.7. The van der Waals surface area contributed by atoms with Crippen LogP contribution in [0.1, 0.15) is 51.2 Å². The molecule has 128 valence electrons. The van der Waals surface area contributed by atoms with Crippen molar-refractivity contribution in [1.82, 2.24) is 10.2 Å². The van der Waals surface area contributed by atoms with Crippen LogP contribution in [-0.4, -0.2) is 36.5 Å². The fourth-order valence-corrected chi connectivity index (χ4v) is 3.32. The summed E-state index contributed by atoms with van der Waals surface area (Å²) in [5, 5.41) is 2.93. The maximum Gasteiger partial charge on any atom is 0.219 e. The molecule has 1 saturated heterocycles. The summed E-state index contributed by atoms with van der Waals surface area (Å²) < 4.78 is 0. The largest absolute Gasteiger partial charge is 0.356 e. The molecule has 1 aliphatic rings. The zero-order valence-corrected chi connectivity index (χ0v) is 15.0. The number of piperidine rings is 1. The summed E-state index contributed by atoms with van der Waals surface area (Å²) >= 11 is 0. The van der Waals surface area contributed by atoms with E-state index < -0.39 is 0 Å². The molecule has 3 heteroatoms. The molecule has 0 saturated carbocycles. The van der Waals surface area contributed by atoms with Gasteiger partial charge in [0.05, 0.1) is 0 Å². The molecule has 1 N–H and O–H groups in total. The summed E-state index contributed by atoms with van der Waals surface area (Å²) in [7, 11) is 0. The normalized spacial score (nSPS) is 16.7. The Labute approximate surface area is 141 Å². The van der Waals surface area contributed by atoms with E-state index in [0.29, 0.717) is 12.5 Å². The molecule has 1 aromatic carbocycles. The average molecular weight is 316 g/mol. The molecular weight excluding hydrogens is 284 g/mol. The van der Waals surface area contributed by atoms with Crippen molar-refractivity contribution in [2.24, 2.45) is 5.92 Å². The van der Waals surface area contributed by atoms with E-state index in [1.54, 1.807) is 0 Å². The molecular formula is C20H32N2O. The maximum atomic E-state index is 11.2. The molecule has 3 nitrogen and oxygen atoms in total. The first-order valence-electron chi connectivity index (χ1n) is 9.17. The smallest absolute Gasteiger partial charge is 0.219 e. The number of carbonyl (C=O) groups is 1. The molecule has 0 radical (unpaired) electrons. The van der Waals surface area contributed by atoms with Crippen LogP contribution in [0.15, 0.2) is 24.3 Å². The molecule has 0 aliphatic carbocycles. The first kappa shape index (κ1) is 18.0. The van der Waals surface area contributed by atoms with Crippen LogP contribution in [0.25, 0.3) is 0 Å². The van der Waals surface area contributed by atoms with Crippen LogP contribution in [0, 0.1) is 5.92 Å². The molecule has 0 atom stereocenters. The third-order valence-corrected chi connectivity index (χ3v) is 4.98. The highest BCUT2D eigenvalue weighted by atomic mass is 16.1. The Hall–Kier alpha value is -1.35. The van der Waals surface area contributed by atoms with Crippen molar-refractivity contribution in [2.75, 3.05) is 19.6 Å². The van der Waals surface area contributed by atoms with Crippen LogP contribution in [0.4, 0.5) is 0 Å². The van der Waals surface area contributed by atoms with E-state index in [-0.39, 0.29) is 5.91 Å². The number of nitrogens with zero attached hydrogens (tertiary/aromatic N) is 1. The van der Waals surface area contributed by atoms with Gasteiger partial charge in [0.2, 0.25) is 5.91 Å². The summed E-state index contributed by atoms with van der Waals surface area (Å²) in [6.07, 6.45) is 5.33. The fraction of sp³-hybridized carbons (Fsp3) is 0.650. The number of hydrogen-bond acceptors (Lipinski definition) is 2. The quantitative estimate of drug-likeness (QED) is 0.836. The summed E-state index contributed by atoms with van der Waals surface area (Å²) in [5.74, 6) is 0.967. The second-order valence-electron chi connectivity index (χ2n) is 7.05. The molecule has 23 heavy (non-hydrogen) atoms. The van der Waals surface area contributed by atoms with E-state index in [0.717, 1.165) is 18.9 Å². The van der Waals surface area contributed by atoms with Gasteiger partial charge in [-0.05, 0) is 69.7 Å². The second-order valence-corrected chi connectivity index (χ2v) is 7.05. The first-order valence-corrected chi connectivity index (χ1v) is 9.17. The van der Waals surface area contributed by atoms with Crippen molar-refractivity contribution in [3.05, 3.63) is 35.4 Å². The van der Waals surface area contributed by atoms with Crippen LogP contribution < -0.4 is 5.32 Å². The summed E-state index contributed by atoms with van der Waals surface area (Å²) in [6, 6.07) is 9.66. The van der Waals surface area contributed by atoms with Crippen molar-refractivity contribution in [2.45, 2.75) is 58.9 Å². The highest BCUT2D eigenvalue weighted by molar-refractivity contribution is 5.75. The number of carbonyl (C=O) groups excluding carboxylic acids is 1. The molecule has 2 rings (SSSR count). The maximum absolute atomic E-state index is 11.2. The lowest BCUT2D eigenvalue weighted by atomic mass is 9.89. The van der Waals surface area contributed by atoms with Gasteiger partial charge in [0.1, 0.15) is 0 Å². The van der Waals surface area contributed by atoms with E-state index >= 15 is 0 Å². The molecule has 1 aliphatic heterocycles. The van der Waals surface area contributed by atoms with Gasteiger partial charge in [0.25, 0.3) is 0 Å². The van der Waals surface area contributed by atoms with Gasteiger partial charge in [-0.3, -0.25) is 4.79 Å². The number of amides is 1. The lowest BCUT2D eigenvalue weighted by molar-refractivity contribution is -0.120.